The summed E-state index contributed by atoms with van der Waals surface area (Å²) in [4.78, 5) is 24.8. The van der Waals surface area contributed by atoms with Crippen molar-refractivity contribution in [1.82, 2.24) is 0 Å². The largest absolute Gasteiger partial charge is 0.481 e. The number of carboxylic acids is 1. The monoisotopic (exact) mass is 396 g/mol. The number of hydrogen-bond acceptors (Lipinski definition) is 4. The number of carbonyl (C=O) groups is 2. The summed E-state index contributed by atoms with van der Waals surface area (Å²) in [6, 6.07) is 12.0. The lowest BCUT2D eigenvalue weighted by Crippen LogP contribution is -2.24. The van der Waals surface area contributed by atoms with Crippen LogP contribution < -0.4 is 0 Å². The number of allylic oxidation sites excluding steroid dienone is 1. The number of aliphatic carboxylic acids is 1. The summed E-state index contributed by atoms with van der Waals surface area (Å²) in [7, 11) is 0. The van der Waals surface area contributed by atoms with Crippen LogP contribution in [0, 0.1) is 16.7 Å². The Balaban J connectivity index is 1.54. The van der Waals surface area contributed by atoms with Crippen molar-refractivity contribution in [1.29, 1.82) is 0 Å². The van der Waals surface area contributed by atoms with E-state index in [1.165, 1.54) is 17.3 Å². The maximum atomic E-state index is 12.6. The van der Waals surface area contributed by atoms with Gasteiger partial charge in [0.15, 0.2) is 0 Å². The van der Waals surface area contributed by atoms with Gasteiger partial charge < -0.3 is 9.52 Å². The Morgan fingerprint density at radius 3 is 2.64 bits per heavy atom. The van der Waals surface area contributed by atoms with Gasteiger partial charge in [0.1, 0.15) is 0 Å². The van der Waals surface area contributed by atoms with Crippen molar-refractivity contribution >= 4 is 22.8 Å². The number of carboxylic acid groups (broad SMARTS) is 1. The van der Waals surface area contributed by atoms with E-state index in [1.807, 2.05) is 44.2 Å². The SMILES string of the molecule is CC1(C)[C@H](/C=C2\CC(Cc3ccccc3)SC2=O)[C@@]1(Cc1ccoc1)C(=O)O. The lowest BCUT2D eigenvalue weighted by molar-refractivity contribution is -0.145. The predicted octanol–water partition coefficient (Wildman–Crippen LogP) is 4.75. The molecule has 3 atom stereocenters. The van der Waals surface area contributed by atoms with E-state index in [4.69, 9.17) is 4.42 Å². The Morgan fingerprint density at radius 2 is 2.00 bits per heavy atom. The van der Waals surface area contributed by atoms with Crippen LogP contribution in [0.2, 0.25) is 0 Å². The first-order valence-corrected chi connectivity index (χ1v) is 10.4. The maximum absolute atomic E-state index is 12.6. The molecule has 2 fully saturated rings. The molecule has 2 heterocycles. The molecule has 2 aliphatic rings. The summed E-state index contributed by atoms with van der Waals surface area (Å²) < 4.78 is 5.13. The van der Waals surface area contributed by atoms with E-state index in [2.05, 4.69) is 12.1 Å². The topological polar surface area (TPSA) is 67.5 Å². The summed E-state index contributed by atoms with van der Waals surface area (Å²) in [5, 5.41) is 10.4. The van der Waals surface area contributed by atoms with Gasteiger partial charge in [-0.2, -0.15) is 0 Å². The number of furan rings is 1. The lowest BCUT2D eigenvalue weighted by Gasteiger charge is -2.14. The van der Waals surface area contributed by atoms with Gasteiger partial charge >= 0.3 is 5.97 Å². The van der Waals surface area contributed by atoms with Gasteiger partial charge in [-0.1, -0.05) is 62.0 Å². The second-order valence-corrected chi connectivity index (χ2v) is 9.67. The smallest absolute Gasteiger partial charge is 0.311 e. The molecule has 1 aromatic carbocycles. The van der Waals surface area contributed by atoms with Gasteiger partial charge in [-0.05, 0) is 41.9 Å². The Labute approximate surface area is 169 Å². The molecule has 1 aliphatic carbocycles. The first kappa shape index (κ1) is 19.1. The van der Waals surface area contributed by atoms with Crippen LogP contribution in [0.25, 0.3) is 0 Å². The molecule has 1 aromatic heterocycles. The fourth-order valence-corrected chi connectivity index (χ4v) is 5.85. The minimum Gasteiger partial charge on any atom is -0.481 e. The summed E-state index contributed by atoms with van der Waals surface area (Å²) in [5.41, 5.74) is 1.57. The Hall–Kier alpha value is -2.27. The van der Waals surface area contributed by atoms with E-state index in [0.29, 0.717) is 12.8 Å². The zero-order chi connectivity index (χ0) is 19.9. The van der Waals surface area contributed by atoms with Crippen molar-refractivity contribution in [2.24, 2.45) is 16.7 Å². The normalized spacial score (nSPS) is 29.9. The minimum absolute atomic E-state index is 0.0891. The van der Waals surface area contributed by atoms with Crippen molar-refractivity contribution in [3.8, 4) is 0 Å². The molecule has 146 valence electrons. The predicted molar refractivity (Wildman–Crippen MR) is 109 cm³/mol. The molecular weight excluding hydrogens is 372 g/mol. The van der Waals surface area contributed by atoms with Crippen molar-refractivity contribution in [3.63, 3.8) is 0 Å². The Bertz CT molecular complexity index is 913. The maximum Gasteiger partial charge on any atom is 0.311 e. The number of hydrogen-bond donors (Lipinski definition) is 1. The summed E-state index contributed by atoms with van der Waals surface area (Å²) >= 11 is 1.38. The first-order chi connectivity index (χ1) is 13.3. The van der Waals surface area contributed by atoms with Crippen molar-refractivity contribution < 1.29 is 19.1 Å². The second kappa shape index (κ2) is 6.96. The quantitative estimate of drug-likeness (QED) is 0.714. The fourth-order valence-electron chi connectivity index (χ4n) is 4.71. The summed E-state index contributed by atoms with van der Waals surface area (Å²) in [6.07, 6.45) is 7.09. The van der Waals surface area contributed by atoms with Gasteiger partial charge in [-0.15, -0.1) is 0 Å². The zero-order valence-electron chi connectivity index (χ0n) is 16.1. The third-order valence-electron chi connectivity index (χ3n) is 6.48. The molecule has 28 heavy (non-hydrogen) atoms. The van der Waals surface area contributed by atoms with E-state index in [-0.39, 0.29) is 16.3 Å². The molecule has 0 amide bonds. The first-order valence-electron chi connectivity index (χ1n) is 9.54. The number of carbonyl (C=O) groups excluding carboxylic acids is 1. The highest BCUT2D eigenvalue weighted by atomic mass is 32.2. The second-order valence-electron chi connectivity index (χ2n) is 8.40. The Morgan fingerprint density at radius 1 is 1.25 bits per heavy atom. The van der Waals surface area contributed by atoms with Gasteiger partial charge in [-0.3, -0.25) is 9.59 Å². The van der Waals surface area contributed by atoms with E-state index in [9.17, 15) is 14.7 Å². The molecule has 5 heteroatoms. The van der Waals surface area contributed by atoms with E-state index in [1.54, 1.807) is 12.5 Å². The summed E-state index contributed by atoms with van der Waals surface area (Å²) in [5.74, 6) is -0.970. The number of benzene rings is 1. The lowest BCUT2D eigenvalue weighted by atomic mass is 9.89. The highest BCUT2D eigenvalue weighted by molar-refractivity contribution is 8.15. The molecule has 0 bridgehead atoms. The molecule has 0 spiro atoms. The van der Waals surface area contributed by atoms with Gasteiger partial charge in [0.2, 0.25) is 5.12 Å². The number of rotatable bonds is 6. The molecule has 4 rings (SSSR count). The standard InChI is InChI=1S/C23H24O4S/c1-22(2)19(23(22,21(25)26)13-16-8-9-27-14-16)12-17-11-18(28-20(17)24)10-15-6-4-3-5-7-15/h3-9,12,14,18-19H,10-11,13H2,1-2H3,(H,25,26)/b17-12+/t18?,19-,23-/m0/s1. The average Bonchev–Trinajstić information content (AvgIpc) is 3.06. The highest BCUT2D eigenvalue weighted by Gasteiger charge is 2.74. The molecule has 1 saturated heterocycles. The zero-order valence-corrected chi connectivity index (χ0v) is 16.9. The minimum atomic E-state index is -0.896. The van der Waals surface area contributed by atoms with Gasteiger partial charge in [0.05, 0.1) is 17.9 Å². The molecule has 4 nitrogen and oxygen atoms in total. The molecule has 1 N–H and O–H groups in total. The third kappa shape index (κ3) is 3.12. The van der Waals surface area contributed by atoms with Crippen LogP contribution in [0.1, 0.15) is 31.4 Å². The van der Waals surface area contributed by atoms with Crippen LogP contribution in [0.15, 0.2) is 65.0 Å². The van der Waals surface area contributed by atoms with Crippen LogP contribution in [0.5, 0.6) is 0 Å². The number of thioether (sulfide) groups is 1. The molecular formula is C23H24O4S. The van der Waals surface area contributed by atoms with Crippen LogP contribution in [0.4, 0.5) is 0 Å². The van der Waals surface area contributed by atoms with Crippen LogP contribution in [-0.2, 0) is 22.4 Å². The highest BCUT2D eigenvalue weighted by Crippen LogP contribution is 2.71. The van der Waals surface area contributed by atoms with E-state index in [0.717, 1.165) is 17.6 Å². The molecule has 1 unspecified atom stereocenters. The van der Waals surface area contributed by atoms with E-state index >= 15 is 0 Å². The van der Waals surface area contributed by atoms with Crippen molar-refractivity contribution in [3.05, 3.63) is 71.7 Å². The van der Waals surface area contributed by atoms with Gasteiger partial charge in [-0.25, -0.2) is 0 Å². The van der Waals surface area contributed by atoms with Crippen molar-refractivity contribution in [2.75, 3.05) is 0 Å². The van der Waals surface area contributed by atoms with Crippen LogP contribution in [-0.4, -0.2) is 21.4 Å². The van der Waals surface area contributed by atoms with Gasteiger partial charge in [0, 0.05) is 16.7 Å². The van der Waals surface area contributed by atoms with Crippen LogP contribution in [0.3, 0.4) is 0 Å². The van der Waals surface area contributed by atoms with Crippen LogP contribution >= 0.6 is 11.8 Å². The fraction of sp³-hybridized carbons (Fsp3) is 0.391. The molecule has 1 aliphatic heterocycles. The average molecular weight is 397 g/mol. The third-order valence-corrected chi connectivity index (χ3v) is 7.62. The molecule has 1 saturated carbocycles. The molecule has 0 radical (unpaired) electrons. The molecule has 2 aromatic rings. The Kier molecular flexibility index (Phi) is 4.74. The van der Waals surface area contributed by atoms with Crippen molar-refractivity contribution in [2.45, 2.75) is 38.4 Å². The summed E-state index contributed by atoms with van der Waals surface area (Å²) in [6.45, 7) is 3.97. The van der Waals surface area contributed by atoms with E-state index < -0.39 is 16.8 Å². The van der Waals surface area contributed by atoms with Gasteiger partial charge in [0.25, 0.3) is 0 Å².